The molecule has 0 saturated heterocycles. The SMILES string of the molecule is CNC1(C(=O)OC)CCCC(OCCCC(F)(F)F)C1. The van der Waals surface area contributed by atoms with Crippen molar-refractivity contribution >= 4 is 5.97 Å². The van der Waals surface area contributed by atoms with E-state index in [1.807, 2.05) is 0 Å². The average Bonchev–Trinajstić information content (AvgIpc) is 2.42. The van der Waals surface area contributed by atoms with Crippen LogP contribution in [0.1, 0.15) is 38.5 Å². The molecular formula is C13H22F3NO3. The van der Waals surface area contributed by atoms with Gasteiger partial charge in [-0.1, -0.05) is 0 Å². The maximum atomic E-state index is 12.0. The van der Waals surface area contributed by atoms with Gasteiger partial charge >= 0.3 is 12.1 Å². The van der Waals surface area contributed by atoms with Gasteiger partial charge in [-0.25, -0.2) is 0 Å². The predicted octanol–water partition coefficient (Wildman–Crippen LogP) is 2.42. The summed E-state index contributed by atoms with van der Waals surface area (Å²) in [6, 6.07) is 0. The highest BCUT2D eigenvalue weighted by Gasteiger charge is 2.43. The van der Waals surface area contributed by atoms with Crippen LogP contribution in [0.5, 0.6) is 0 Å². The largest absolute Gasteiger partial charge is 0.468 e. The number of rotatable bonds is 6. The molecule has 0 bridgehead atoms. The summed E-state index contributed by atoms with van der Waals surface area (Å²) in [5, 5.41) is 2.98. The molecule has 0 aliphatic heterocycles. The van der Waals surface area contributed by atoms with E-state index < -0.39 is 18.1 Å². The second-order valence-corrected chi connectivity index (χ2v) is 5.13. The predicted molar refractivity (Wildman–Crippen MR) is 67.3 cm³/mol. The fourth-order valence-corrected chi connectivity index (χ4v) is 2.60. The zero-order valence-electron chi connectivity index (χ0n) is 11.9. The summed E-state index contributed by atoms with van der Waals surface area (Å²) >= 11 is 0. The molecule has 7 heteroatoms. The van der Waals surface area contributed by atoms with Gasteiger partial charge in [-0.05, 0) is 32.7 Å². The van der Waals surface area contributed by atoms with Crippen LogP contribution < -0.4 is 5.32 Å². The third kappa shape index (κ3) is 4.94. The van der Waals surface area contributed by atoms with Crippen molar-refractivity contribution in [2.75, 3.05) is 20.8 Å². The Morgan fingerprint density at radius 3 is 2.70 bits per heavy atom. The Labute approximate surface area is 117 Å². The van der Waals surface area contributed by atoms with E-state index in [9.17, 15) is 18.0 Å². The van der Waals surface area contributed by atoms with Gasteiger partial charge < -0.3 is 14.8 Å². The Balaban J connectivity index is 2.42. The first-order chi connectivity index (χ1) is 9.33. The molecule has 4 nitrogen and oxygen atoms in total. The van der Waals surface area contributed by atoms with E-state index in [0.717, 1.165) is 12.8 Å². The number of methoxy groups -OCH3 is 1. The third-order valence-electron chi connectivity index (χ3n) is 3.72. The van der Waals surface area contributed by atoms with Gasteiger partial charge in [0, 0.05) is 19.4 Å². The van der Waals surface area contributed by atoms with Gasteiger partial charge in [-0.3, -0.25) is 4.79 Å². The molecule has 1 aliphatic rings. The molecule has 0 amide bonds. The van der Waals surface area contributed by atoms with Crippen LogP contribution in [0.2, 0.25) is 0 Å². The Kier molecular flexibility index (Phi) is 6.26. The molecule has 0 aromatic rings. The topological polar surface area (TPSA) is 47.6 Å². The molecule has 0 spiro atoms. The van der Waals surface area contributed by atoms with E-state index in [0.29, 0.717) is 12.8 Å². The molecule has 20 heavy (non-hydrogen) atoms. The molecule has 0 aromatic carbocycles. The first-order valence-corrected chi connectivity index (χ1v) is 6.78. The lowest BCUT2D eigenvalue weighted by Gasteiger charge is -2.38. The summed E-state index contributed by atoms with van der Waals surface area (Å²) < 4.78 is 46.4. The third-order valence-corrected chi connectivity index (χ3v) is 3.72. The van der Waals surface area contributed by atoms with Crippen molar-refractivity contribution in [2.24, 2.45) is 0 Å². The van der Waals surface area contributed by atoms with Crippen molar-refractivity contribution in [1.82, 2.24) is 5.32 Å². The normalized spacial score (nSPS) is 27.4. The Bertz CT molecular complexity index is 322. The molecular weight excluding hydrogens is 275 g/mol. The summed E-state index contributed by atoms with van der Waals surface area (Å²) in [4.78, 5) is 11.8. The molecule has 0 radical (unpaired) electrons. The maximum Gasteiger partial charge on any atom is 0.389 e. The average molecular weight is 297 g/mol. The van der Waals surface area contributed by atoms with Crippen LogP contribution in [0.15, 0.2) is 0 Å². The fourth-order valence-electron chi connectivity index (χ4n) is 2.60. The van der Waals surface area contributed by atoms with Crippen molar-refractivity contribution < 1.29 is 27.4 Å². The Morgan fingerprint density at radius 2 is 2.15 bits per heavy atom. The number of nitrogens with one attached hydrogen (secondary N) is 1. The number of alkyl halides is 3. The number of halogens is 3. The van der Waals surface area contributed by atoms with E-state index in [2.05, 4.69) is 5.32 Å². The zero-order valence-corrected chi connectivity index (χ0v) is 11.9. The summed E-state index contributed by atoms with van der Waals surface area (Å²) in [5.41, 5.74) is -0.776. The van der Waals surface area contributed by atoms with Crippen LogP contribution in [-0.2, 0) is 14.3 Å². The van der Waals surface area contributed by atoms with Gasteiger partial charge in [0.25, 0.3) is 0 Å². The van der Waals surface area contributed by atoms with Crippen molar-refractivity contribution in [3.05, 3.63) is 0 Å². The number of likely N-dealkylation sites (N-methyl/N-ethyl adjacent to an activating group) is 1. The van der Waals surface area contributed by atoms with Crippen LogP contribution in [0, 0.1) is 0 Å². The Morgan fingerprint density at radius 1 is 1.45 bits per heavy atom. The molecule has 0 heterocycles. The number of esters is 1. The highest BCUT2D eigenvalue weighted by molar-refractivity contribution is 5.80. The van der Waals surface area contributed by atoms with E-state index in [4.69, 9.17) is 9.47 Å². The molecule has 1 saturated carbocycles. The van der Waals surface area contributed by atoms with Gasteiger partial charge in [-0.15, -0.1) is 0 Å². The molecule has 2 atom stereocenters. The number of carbonyl (C=O) groups excluding carboxylic acids is 1. The Hall–Kier alpha value is -0.820. The van der Waals surface area contributed by atoms with Crippen molar-refractivity contribution in [3.8, 4) is 0 Å². The summed E-state index contributed by atoms with van der Waals surface area (Å²) in [5.74, 6) is -0.344. The van der Waals surface area contributed by atoms with E-state index >= 15 is 0 Å². The lowest BCUT2D eigenvalue weighted by molar-refractivity contribution is -0.153. The van der Waals surface area contributed by atoms with E-state index in [1.165, 1.54) is 7.11 Å². The molecule has 1 rings (SSSR count). The quantitative estimate of drug-likeness (QED) is 0.604. The lowest BCUT2D eigenvalue weighted by Crippen LogP contribution is -2.55. The number of carbonyl (C=O) groups is 1. The molecule has 1 aliphatic carbocycles. The minimum Gasteiger partial charge on any atom is -0.468 e. The van der Waals surface area contributed by atoms with Crippen LogP contribution in [0.4, 0.5) is 13.2 Å². The van der Waals surface area contributed by atoms with Gasteiger partial charge in [-0.2, -0.15) is 13.2 Å². The minimum absolute atomic E-state index is 0.0508. The minimum atomic E-state index is -4.14. The summed E-state index contributed by atoms with van der Waals surface area (Å²) in [6.45, 7) is 0.0607. The van der Waals surface area contributed by atoms with E-state index in [1.54, 1.807) is 7.05 Å². The molecule has 118 valence electrons. The fraction of sp³-hybridized carbons (Fsp3) is 0.923. The highest BCUT2D eigenvalue weighted by atomic mass is 19.4. The molecule has 1 N–H and O–H groups in total. The highest BCUT2D eigenvalue weighted by Crippen LogP contribution is 2.31. The lowest BCUT2D eigenvalue weighted by atomic mass is 9.80. The second-order valence-electron chi connectivity index (χ2n) is 5.13. The first-order valence-electron chi connectivity index (χ1n) is 6.78. The maximum absolute atomic E-state index is 12.0. The number of ether oxygens (including phenoxy) is 2. The van der Waals surface area contributed by atoms with Crippen LogP contribution in [-0.4, -0.2) is 44.6 Å². The van der Waals surface area contributed by atoms with Gasteiger partial charge in [0.05, 0.1) is 13.2 Å². The van der Waals surface area contributed by atoms with E-state index in [-0.39, 0.29) is 25.1 Å². The smallest absolute Gasteiger partial charge is 0.389 e. The van der Waals surface area contributed by atoms with Crippen molar-refractivity contribution in [3.63, 3.8) is 0 Å². The van der Waals surface area contributed by atoms with Crippen LogP contribution in [0.25, 0.3) is 0 Å². The summed E-state index contributed by atoms with van der Waals surface area (Å²) in [6.07, 6.45) is -2.62. The van der Waals surface area contributed by atoms with Crippen molar-refractivity contribution in [1.29, 1.82) is 0 Å². The van der Waals surface area contributed by atoms with Crippen molar-refractivity contribution in [2.45, 2.75) is 56.3 Å². The first kappa shape index (κ1) is 17.2. The van der Waals surface area contributed by atoms with Crippen LogP contribution >= 0.6 is 0 Å². The standard InChI is InChI=1S/C13H22F3NO3/c1-17-12(11(18)19-2)6-3-5-10(9-12)20-8-4-7-13(14,15)16/h10,17H,3-9H2,1-2H3. The monoisotopic (exact) mass is 297 g/mol. The molecule has 1 fully saturated rings. The van der Waals surface area contributed by atoms with Gasteiger partial charge in [0.1, 0.15) is 5.54 Å². The van der Waals surface area contributed by atoms with Crippen LogP contribution in [0.3, 0.4) is 0 Å². The molecule has 2 unspecified atom stereocenters. The molecule has 0 aromatic heterocycles. The summed E-state index contributed by atoms with van der Waals surface area (Å²) in [7, 11) is 3.01. The second kappa shape index (κ2) is 7.26. The van der Waals surface area contributed by atoms with Gasteiger partial charge in [0.2, 0.25) is 0 Å². The van der Waals surface area contributed by atoms with Gasteiger partial charge in [0.15, 0.2) is 0 Å². The number of hydrogen-bond acceptors (Lipinski definition) is 4. The number of hydrogen-bond donors (Lipinski definition) is 1. The zero-order chi connectivity index (χ0) is 15.2.